The van der Waals surface area contributed by atoms with Crippen molar-refractivity contribution in [2.45, 2.75) is 19.5 Å². The van der Waals surface area contributed by atoms with Crippen LogP contribution in [0.25, 0.3) is 0 Å². The van der Waals surface area contributed by atoms with Crippen LogP contribution < -0.4 is 5.32 Å². The molecule has 0 aliphatic carbocycles. The number of morpholine rings is 1. The highest BCUT2D eigenvalue weighted by Crippen LogP contribution is 2.23. The van der Waals surface area contributed by atoms with E-state index >= 15 is 0 Å². The Bertz CT molecular complexity index is 701. The van der Waals surface area contributed by atoms with Crippen LogP contribution in [-0.2, 0) is 16.1 Å². The lowest BCUT2D eigenvalue weighted by Crippen LogP contribution is -2.45. The van der Waals surface area contributed by atoms with Crippen LogP contribution in [0.2, 0.25) is 0 Å². The number of ether oxygens (including phenoxy) is 1. The molecule has 2 heterocycles. The number of hydrogen-bond donors (Lipinski definition) is 1. The summed E-state index contributed by atoms with van der Waals surface area (Å²) >= 11 is 1.56. The first-order chi connectivity index (χ1) is 11.6. The van der Waals surface area contributed by atoms with Gasteiger partial charge in [-0.3, -0.25) is 9.69 Å². The van der Waals surface area contributed by atoms with Gasteiger partial charge in [-0.15, -0.1) is 11.3 Å². The number of benzene rings is 1. The van der Waals surface area contributed by atoms with Crippen molar-refractivity contribution in [1.82, 2.24) is 15.2 Å². The third kappa shape index (κ3) is 4.17. The molecule has 1 aliphatic heterocycles. The minimum Gasteiger partial charge on any atom is -0.379 e. The molecule has 0 radical (unpaired) electrons. The topological polar surface area (TPSA) is 54.5 Å². The van der Waals surface area contributed by atoms with E-state index in [-0.39, 0.29) is 11.7 Å². The number of rotatable bonds is 5. The minimum absolute atomic E-state index is 0.131. The summed E-state index contributed by atoms with van der Waals surface area (Å²) in [5.41, 5.74) is 0.662. The van der Waals surface area contributed by atoms with E-state index in [1.807, 2.05) is 11.8 Å². The van der Waals surface area contributed by atoms with Crippen molar-refractivity contribution in [3.8, 4) is 0 Å². The molecule has 1 amide bonds. The molecule has 1 saturated heterocycles. The third-order valence-corrected chi connectivity index (χ3v) is 4.84. The van der Waals surface area contributed by atoms with Gasteiger partial charge in [-0.1, -0.05) is 12.1 Å². The number of carbonyl (C=O) groups is 1. The number of carbonyl (C=O) groups excluding carboxylic acids is 1. The molecule has 128 valence electrons. The zero-order valence-electron chi connectivity index (χ0n) is 13.5. The summed E-state index contributed by atoms with van der Waals surface area (Å²) in [6.45, 7) is 4.81. The number of nitrogens with one attached hydrogen (secondary N) is 1. The molecular weight excluding hydrogens is 329 g/mol. The summed E-state index contributed by atoms with van der Waals surface area (Å²) in [5.74, 6) is -0.467. The predicted octanol–water partition coefficient (Wildman–Crippen LogP) is 2.28. The SMILES string of the molecule is Cc1ncc(CNC(=O)C(c2cccc(F)c2)N2CCOCC2)s1. The lowest BCUT2D eigenvalue weighted by Gasteiger charge is -2.33. The first-order valence-electron chi connectivity index (χ1n) is 7.90. The van der Waals surface area contributed by atoms with Gasteiger partial charge in [-0.05, 0) is 24.6 Å². The summed E-state index contributed by atoms with van der Waals surface area (Å²) < 4.78 is 19.0. The van der Waals surface area contributed by atoms with Crippen LogP contribution in [0.1, 0.15) is 21.5 Å². The monoisotopic (exact) mass is 349 g/mol. The Labute approximate surface area is 144 Å². The smallest absolute Gasteiger partial charge is 0.242 e. The van der Waals surface area contributed by atoms with Gasteiger partial charge >= 0.3 is 0 Å². The molecule has 0 saturated carbocycles. The van der Waals surface area contributed by atoms with Crippen molar-refractivity contribution in [2.75, 3.05) is 26.3 Å². The fourth-order valence-corrected chi connectivity index (χ4v) is 3.53. The van der Waals surface area contributed by atoms with Gasteiger partial charge in [-0.2, -0.15) is 0 Å². The van der Waals surface area contributed by atoms with Crippen molar-refractivity contribution in [3.63, 3.8) is 0 Å². The maximum Gasteiger partial charge on any atom is 0.242 e. The highest BCUT2D eigenvalue weighted by molar-refractivity contribution is 7.11. The molecule has 1 unspecified atom stereocenters. The van der Waals surface area contributed by atoms with Gasteiger partial charge in [0.15, 0.2) is 0 Å². The van der Waals surface area contributed by atoms with Crippen molar-refractivity contribution < 1.29 is 13.9 Å². The minimum atomic E-state index is -0.515. The van der Waals surface area contributed by atoms with Crippen LogP contribution in [0.15, 0.2) is 30.5 Å². The van der Waals surface area contributed by atoms with E-state index in [4.69, 9.17) is 4.74 Å². The summed E-state index contributed by atoms with van der Waals surface area (Å²) in [7, 11) is 0. The lowest BCUT2D eigenvalue weighted by molar-refractivity contribution is -0.128. The Balaban J connectivity index is 1.76. The third-order valence-electron chi connectivity index (χ3n) is 3.93. The second kappa shape index (κ2) is 7.83. The van der Waals surface area contributed by atoms with E-state index in [1.165, 1.54) is 12.1 Å². The summed E-state index contributed by atoms with van der Waals surface area (Å²) in [4.78, 5) is 20.0. The van der Waals surface area contributed by atoms with E-state index in [0.717, 1.165) is 9.88 Å². The lowest BCUT2D eigenvalue weighted by atomic mass is 10.0. The first-order valence-corrected chi connectivity index (χ1v) is 8.71. The highest BCUT2D eigenvalue weighted by Gasteiger charge is 2.29. The average Bonchev–Trinajstić information content (AvgIpc) is 3.00. The molecule has 0 spiro atoms. The summed E-state index contributed by atoms with van der Waals surface area (Å²) in [5, 5.41) is 3.92. The maximum atomic E-state index is 13.6. The van der Waals surface area contributed by atoms with Crippen molar-refractivity contribution in [3.05, 3.63) is 51.7 Å². The molecule has 24 heavy (non-hydrogen) atoms. The number of halogens is 1. The number of amides is 1. The first kappa shape index (κ1) is 17.0. The molecule has 3 rings (SSSR count). The molecule has 7 heteroatoms. The van der Waals surface area contributed by atoms with Gasteiger partial charge in [0.05, 0.1) is 24.8 Å². The summed E-state index contributed by atoms with van der Waals surface area (Å²) in [6.07, 6.45) is 1.77. The molecule has 1 aromatic heterocycles. The Morgan fingerprint density at radius 2 is 2.25 bits per heavy atom. The van der Waals surface area contributed by atoms with Crippen LogP contribution in [0.4, 0.5) is 4.39 Å². The normalized spacial score (nSPS) is 16.8. The molecule has 1 fully saturated rings. The van der Waals surface area contributed by atoms with E-state index in [9.17, 15) is 9.18 Å². The van der Waals surface area contributed by atoms with Crippen molar-refractivity contribution >= 4 is 17.2 Å². The fourth-order valence-electron chi connectivity index (χ4n) is 2.80. The fraction of sp³-hybridized carbons (Fsp3) is 0.412. The molecule has 1 N–H and O–H groups in total. The predicted molar refractivity (Wildman–Crippen MR) is 90.2 cm³/mol. The number of aromatic nitrogens is 1. The zero-order chi connectivity index (χ0) is 16.9. The van der Waals surface area contributed by atoms with E-state index in [1.54, 1.807) is 29.7 Å². The second-order valence-corrected chi connectivity index (χ2v) is 6.99. The Hall–Kier alpha value is -1.83. The summed E-state index contributed by atoms with van der Waals surface area (Å²) in [6, 6.07) is 5.73. The zero-order valence-corrected chi connectivity index (χ0v) is 14.3. The highest BCUT2D eigenvalue weighted by atomic mass is 32.1. The number of hydrogen-bond acceptors (Lipinski definition) is 5. The Morgan fingerprint density at radius 3 is 2.92 bits per heavy atom. The molecule has 5 nitrogen and oxygen atoms in total. The average molecular weight is 349 g/mol. The molecular formula is C17H20FN3O2S. The van der Waals surface area contributed by atoms with E-state index in [2.05, 4.69) is 10.3 Å². The van der Waals surface area contributed by atoms with Gasteiger partial charge in [0, 0.05) is 24.2 Å². The molecule has 0 bridgehead atoms. The maximum absolute atomic E-state index is 13.6. The quantitative estimate of drug-likeness (QED) is 0.900. The van der Waals surface area contributed by atoms with Gasteiger partial charge < -0.3 is 10.1 Å². The van der Waals surface area contributed by atoms with E-state index < -0.39 is 6.04 Å². The van der Waals surface area contributed by atoms with Crippen LogP contribution in [0.3, 0.4) is 0 Å². The van der Waals surface area contributed by atoms with Crippen LogP contribution in [0, 0.1) is 12.7 Å². The molecule has 2 aromatic rings. The standard InChI is InChI=1S/C17H20FN3O2S/c1-12-19-10-15(24-12)11-20-17(22)16(21-5-7-23-8-6-21)13-3-2-4-14(18)9-13/h2-4,9-10,16H,5-8,11H2,1H3,(H,20,22). The molecule has 1 aliphatic rings. The van der Waals surface area contributed by atoms with Gasteiger partial charge in [-0.25, -0.2) is 9.37 Å². The van der Waals surface area contributed by atoms with Gasteiger partial charge in [0.1, 0.15) is 11.9 Å². The van der Waals surface area contributed by atoms with Crippen molar-refractivity contribution in [2.24, 2.45) is 0 Å². The number of nitrogens with zero attached hydrogens (tertiary/aromatic N) is 2. The van der Waals surface area contributed by atoms with Gasteiger partial charge in [0.25, 0.3) is 0 Å². The Morgan fingerprint density at radius 1 is 1.46 bits per heavy atom. The van der Waals surface area contributed by atoms with E-state index in [0.29, 0.717) is 38.4 Å². The van der Waals surface area contributed by atoms with Crippen molar-refractivity contribution in [1.29, 1.82) is 0 Å². The largest absolute Gasteiger partial charge is 0.379 e. The van der Waals surface area contributed by atoms with Crippen LogP contribution in [-0.4, -0.2) is 42.1 Å². The van der Waals surface area contributed by atoms with Crippen LogP contribution in [0.5, 0.6) is 0 Å². The van der Waals surface area contributed by atoms with Crippen LogP contribution >= 0.6 is 11.3 Å². The number of thiazole rings is 1. The Kier molecular flexibility index (Phi) is 5.55. The molecule has 1 aromatic carbocycles. The van der Waals surface area contributed by atoms with Gasteiger partial charge in [0.2, 0.25) is 5.91 Å². The second-order valence-electron chi connectivity index (χ2n) is 5.67. The molecule has 1 atom stereocenters. The number of aryl methyl sites for hydroxylation is 1.